The third-order valence-electron chi connectivity index (χ3n) is 2.50. The van der Waals surface area contributed by atoms with E-state index in [1.807, 2.05) is 0 Å². The molecule has 0 unspecified atom stereocenters. The Hall–Kier alpha value is -0.850. The minimum Gasteiger partial charge on any atom is -0.448 e. The molecule has 0 aromatic carbocycles. The average Bonchev–Trinajstić information content (AvgIpc) is 2.58. The van der Waals surface area contributed by atoms with Crippen molar-refractivity contribution < 1.29 is 24.2 Å². The van der Waals surface area contributed by atoms with E-state index in [1.165, 1.54) is 5.06 Å². The van der Waals surface area contributed by atoms with Crippen molar-refractivity contribution in [2.75, 3.05) is 26.3 Å². The van der Waals surface area contributed by atoms with Crippen molar-refractivity contribution in [2.24, 2.45) is 0 Å². The summed E-state index contributed by atoms with van der Waals surface area (Å²) in [4.78, 5) is 14.8. The first-order valence-corrected chi connectivity index (χ1v) is 4.64. The molecule has 6 nitrogen and oxygen atoms in total. The van der Waals surface area contributed by atoms with Gasteiger partial charge in [-0.3, -0.25) is 0 Å². The van der Waals surface area contributed by atoms with E-state index in [0.717, 1.165) is 0 Å². The Morgan fingerprint density at radius 3 is 2.36 bits per heavy atom. The summed E-state index contributed by atoms with van der Waals surface area (Å²) in [5.74, 6) is -0.474. The van der Waals surface area contributed by atoms with Crippen molar-refractivity contribution in [1.82, 2.24) is 5.06 Å². The Bertz CT molecular complexity index is 216. The van der Waals surface area contributed by atoms with E-state index in [-0.39, 0.29) is 0 Å². The predicted molar refractivity (Wildman–Crippen MR) is 44.6 cm³/mol. The Kier molecular flexibility index (Phi) is 2.58. The van der Waals surface area contributed by atoms with E-state index in [0.29, 0.717) is 39.1 Å². The number of carbonyl (C=O) groups is 1. The van der Waals surface area contributed by atoms with Gasteiger partial charge in [-0.1, -0.05) is 0 Å². The molecule has 0 aromatic rings. The highest BCUT2D eigenvalue weighted by atomic mass is 16.8. The van der Waals surface area contributed by atoms with Gasteiger partial charge in [0.15, 0.2) is 5.79 Å². The van der Waals surface area contributed by atoms with Crippen LogP contribution in [-0.4, -0.2) is 48.4 Å². The number of ether oxygens (including phenoxy) is 2. The molecule has 0 aliphatic carbocycles. The number of nitrogens with zero attached hydrogens (tertiary/aromatic N) is 1. The first kappa shape index (κ1) is 9.70. The number of hydrogen-bond donors (Lipinski definition) is 1. The van der Waals surface area contributed by atoms with Crippen LogP contribution in [0.3, 0.4) is 0 Å². The van der Waals surface area contributed by atoms with Gasteiger partial charge < -0.3 is 19.4 Å². The number of carboxylic acid groups (broad SMARTS) is 1. The van der Waals surface area contributed by atoms with Gasteiger partial charge in [0.1, 0.15) is 0 Å². The van der Waals surface area contributed by atoms with Crippen molar-refractivity contribution in [3.63, 3.8) is 0 Å². The van der Waals surface area contributed by atoms with E-state index in [1.54, 1.807) is 0 Å². The lowest BCUT2D eigenvalue weighted by molar-refractivity contribution is -0.227. The van der Waals surface area contributed by atoms with Crippen molar-refractivity contribution in [3.05, 3.63) is 0 Å². The zero-order valence-corrected chi connectivity index (χ0v) is 7.77. The number of piperidine rings is 1. The van der Waals surface area contributed by atoms with Gasteiger partial charge >= 0.3 is 6.16 Å². The maximum Gasteiger partial charge on any atom is 0.525 e. The summed E-state index contributed by atoms with van der Waals surface area (Å²) >= 11 is 0. The maximum atomic E-state index is 10.3. The molecule has 0 bridgehead atoms. The summed E-state index contributed by atoms with van der Waals surface area (Å²) in [5, 5.41) is 9.81. The van der Waals surface area contributed by atoms with E-state index in [9.17, 15) is 4.79 Å². The lowest BCUT2D eigenvalue weighted by atomic mass is 10.1. The molecule has 0 saturated carbocycles. The lowest BCUT2D eigenvalue weighted by Gasteiger charge is -2.35. The zero-order valence-electron chi connectivity index (χ0n) is 7.77. The van der Waals surface area contributed by atoms with Crippen LogP contribution in [-0.2, 0) is 14.3 Å². The maximum absolute atomic E-state index is 10.3. The summed E-state index contributed by atoms with van der Waals surface area (Å²) in [7, 11) is 0. The molecule has 14 heavy (non-hydrogen) atoms. The summed E-state index contributed by atoms with van der Waals surface area (Å²) in [5.41, 5.74) is 0. The average molecular weight is 203 g/mol. The number of hydrogen-bond acceptors (Lipinski definition) is 5. The van der Waals surface area contributed by atoms with Gasteiger partial charge in [-0.05, 0) is 0 Å². The van der Waals surface area contributed by atoms with Crippen molar-refractivity contribution in [3.8, 4) is 0 Å². The number of rotatable bonds is 1. The second-order valence-corrected chi connectivity index (χ2v) is 3.39. The van der Waals surface area contributed by atoms with Gasteiger partial charge in [0, 0.05) is 25.9 Å². The Morgan fingerprint density at radius 1 is 1.29 bits per heavy atom. The molecular weight excluding hydrogens is 190 g/mol. The molecule has 0 aromatic heterocycles. The molecule has 0 radical (unpaired) electrons. The summed E-state index contributed by atoms with van der Waals surface area (Å²) in [6, 6.07) is 0. The molecule has 80 valence electrons. The molecule has 6 heteroatoms. The summed E-state index contributed by atoms with van der Waals surface area (Å²) < 4.78 is 11.0. The molecule has 2 fully saturated rings. The van der Waals surface area contributed by atoms with Crippen LogP contribution in [0.5, 0.6) is 0 Å². The molecular formula is C8H13NO5. The van der Waals surface area contributed by atoms with Crippen LogP contribution >= 0.6 is 0 Å². The lowest BCUT2D eigenvalue weighted by Crippen LogP contribution is -2.45. The molecule has 2 saturated heterocycles. The minimum atomic E-state index is -1.27. The van der Waals surface area contributed by atoms with Crippen LogP contribution in [0.4, 0.5) is 4.79 Å². The van der Waals surface area contributed by atoms with Crippen LogP contribution in [0.2, 0.25) is 0 Å². The highest BCUT2D eigenvalue weighted by molar-refractivity contribution is 5.56. The smallest absolute Gasteiger partial charge is 0.448 e. The third kappa shape index (κ3) is 1.97. The fraction of sp³-hybridized carbons (Fsp3) is 0.875. The first-order valence-electron chi connectivity index (χ1n) is 4.64. The molecule has 2 heterocycles. The van der Waals surface area contributed by atoms with Gasteiger partial charge in [-0.15, -0.1) is 5.06 Å². The van der Waals surface area contributed by atoms with E-state index >= 15 is 0 Å². The molecule has 1 N–H and O–H groups in total. The quantitative estimate of drug-likeness (QED) is 0.666. The highest BCUT2D eigenvalue weighted by Gasteiger charge is 2.40. The fourth-order valence-corrected chi connectivity index (χ4v) is 1.81. The van der Waals surface area contributed by atoms with Crippen LogP contribution in [0, 0.1) is 0 Å². The molecule has 2 aliphatic heterocycles. The van der Waals surface area contributed by atoms with Gasteiger partial charge in [-0.25, -0.2) is 4.79 Å². The van der Waals surface area contributed by atoms with E-state index < -0.39 is 11.9 Å². The van der Waals surface area contributed by atoms with Gasteiger partial charge in [0.25, 0.3) is 0 Å². The molecule has 2 aliphatic rings. The molecule has 0 atom stereocenters. The van der Waals surface area contributed by atoms with Crippen LogP contribution in [0.25, 0.3) is 0 Å². The Balaban J connectivity index is 1.82. The largest absolute Gasteiger partial charge is 0.525 e. The van der Waals surface area contributed by atoms with Crippen LogP contribution < -0.4 is 0 Å². The zero-order chi connectivity index (χ0) is 10.0. The second kappa shape index (κ2) is 3.72. The van der Waals surface area contributed by atoms with Gasteiger partial charge in [-0.2, -0.15) is 0 Å². The highest BCUT2D eigenvalue weighted by Crippen LogP contribution is 2.31. The SMILES string of the molecule is O=C(O)ON1CCC2(CC1)OCCO2. The van der Waals surface area contributed by atoms with Crippen molar-refractivity contribution in [2.45, 2.75) is 18.6 Å². The third-order valence-corrected chi connectivity index (χ3v) is 2.50. The fourth-order valence-electron chi connectivity index (χ4n) is 1.81. The Labute approximate surface area is 81.3 Å². The van der Waals surface area contributed by atoms with Gasteiger partial charge in [0.05, 0.1) is 13.2 Å². The van der Waals surface area contributed by atoms with Crippen LogP contribution in [0.1, 0.15) is 12.8 Å². The van der Waals surface area contributed by atoms with Crippen LogP contribution in [0.15, 0.2) is 0 Å². The second-order valence-electron chi connectivity index (χ2n) is 3.39. The monoisotopic (exact) mass is 203 g/mol. The molecule has 0 amide bonds. The normalized spacial score (nSPS) is 26.6. The topological polar surface area (TPSA) is 68.2 Å². The summed E-state index contributed by atoms with van der Waals surface area (Å²) in [6.45, 7) is 2.29. The standard InChI is InChI=1S/C8H13NO5/c10-7(11)14-9-3-1-8(2-4-9)12-5-6-13-8/h1-6H2,(H,10,11). The van der Waals surface area contributed by atoms with E-state index in [2.05, 4.69) is 4.84 Å². The van der Waals surface area contributed by atoms with Crippen molar-refractivity contribution >= 4 is 6.16 Å². The molecule has 2 rings (SSSR count). The van der Waals surface area contributed by atoms with Gasteiger partial charge in [0.2, 0.25) is 0 Å². The Morgan fingerprint density at radius 2 is 1.86 bits per heavy atom. The molecule has 1 spiro atoms. The van der Waals surface area contributed by atoms with E-state index in [4.69, 9.17) is 14.6 Å². The number of hydroxylamine groups is 2. The predicted octanol–water partition coefficient (Wildman–Crippen LogP) is 0.435. The summed E-state index contributed by atoms with van der Waals surface area (Å²) in [6.07, 6.45) is 0.0369. The van der Waals surface area contributed by atoms with Crippen molar-refractivity contribution in [1.29, 1.82) is 0 Å². The first-order chi connectivity index (χ1) is 6.70. The minimum absolute atomic E-state index is 0.474.